The Labute approximate surface area is 83.3 Å². The molecule has 0 bridgehead atoms. The molecule has 0 aliphatic heterocycles. The van der Waals surface area contributed by atoms with Crippen LogP contribution in [0.3, 0.4) is 0 Å². The fraction of sp³-hybridized carbons (Fsp3) is 0.167. The van der Waals surface area contributed by atoms with Crippen LogP contribution in [-0.2, 0) is 0 Å². The maximum atomic E-state index is 7.73. The molecule has 0 unspecified atom stereocenters. The van der Waals surface area contributed by atoms with Gasteiger partial charge in [0.1, 0.15) is 0 Å². The lowest BCUT2D eigenvalue weighted by Gasteiger charge is -2.09. The SMILES string of the molecule is CCOc1c([NH])ccc2ccccc12. The van der Waals surface area contributed by atoms with E-state index in [1.54, 1.807) is 6.07 Å². The lowest BCUT2D eigenvalue weighted by atomic mass is 10.1. The second-order valence-electron chi connectivity index (χ2n) is 3.10. The predicted octanol–water partition coefficient (Wildman–Crippen LogP) is 3.15. The maximum Gasteiger partial charge on any atom is 0.151 e. The van der Waals surface area contributed by atoms with Gasteiger partial charge in [-0.25, -0.2) is 0 Å². The van der Waals surface area contributed by atoms with Crippen molar-refractivity contribution in [3.8, 4) is 5.75 Å². The molecule has 71 valence electrons. The highest BCUT2D eigenvalue weighted by atomic mass is 16.5. The van der Waals surface area contributed by atoms with Crippen molar-refractivity contribution < 1.29 is 4.74 Å². The highest BCUT2D eigenvalue weighted by Gasteiger charge is 2.05. The van der Waals surface area contributed by atoms with Gasteiger partial charge in [-0.2, -0.15) is 0 Å². The topological polar surface area (TPSA) is 33.0 Å². The molecule has 2 heteroatoms. The summed E-state index contributed by atoms with van der Waals surface area (Å²) in [6.07, 6.45) is 0. The van der Waals surface area contributed by atoms with E-state index >= 15 is 0 Å². The molecule has 0 spiro atoms. The van der Waals surface area contributed by atoms with Crippen LogP contribution in [0.4, 0.5) is 5.69 Å². The number of hydrogen-bond acceptors (Lipinski definition) is 1. The quantitative estimate of drug-likeness (QED) is 0.709. The number of nitrogens with one attached hydrogen (secondary N) is 1. The van der Waals surface area contributed by atoms with Gasteiger partial charge in [0.25, 0.3) is 0 Å². The van der Waals surface area contributed by atoms with Crippen molar-refractivity contribution in [2.75, 3.05) is 6.61 Å². The fourth-order valence-electron chi connectivity index (χ4n) is 1.54. The maximum absolute atomic E-state index is 7.73. The Morgan fingerprint density at radius 1 is 1.14 bits per heavy atom. The molecule has 0 saturated carbocycles. The van der Waals surface area contributed by atoms with E-state index in [0.29, 0.717) is 18.0 Å². The van der Waals surface area contributed by atoms with Gasteiger partial charge < -0.3 is 4.74 Å². The summed E-state index contributed by atoms with van der Waals surface area (Å²) < 4.78 is 5.46. The van der Waals surface area contributed by atoms with Crippen LogP contribution in [0, 0.1) is 0 Å². The molecule has 0 saturated heterocycles. The normalized spacial score (nSPS) is 10.4. The first-order valence-electron chi connectivity index (χ1n) is 4.69. The molecular weight excluding hydrogens is 174 g/mol. The van der Waals surface area contributed by atoms with Crippen LogP contribution in [0.1, 0.15) is 6.92 Å². The van der Waals surface area contributed by atoms with E-state index in [1.165, 1.54) is 0 Å². The minimum atomic E-state index is 0.450. The van der Waals surface area contributed by atoms with Crippen molar-refractivity contribution in [3.05, 3.63) is 36.4 Å². The lowest BCUT2D eigenvalue weighted by Crippen LogP contribution is -1.93. The molecule has 0 atom stereocenters. The Hall–Kier alpha value is -1.70. The first-order chi connectivity index (χ1) is 6.83. The second-order valence-corrected chi connectivity index (χ2v) is 3.10. The summed E-state index contributed by atoms with van der Waals surface area (Å²) >= 11 is 0. The van der Waals surface area contributed by atoms with E-state index in [2.05, 4.69) is 0 Å². The molecule has 14 heavy (non-hydrogen) atoms. The Balaban J connectivity index is 2.69. The van der Waals surface area contributed by atoms with Crippen LogP contribution in [-0.4, -0.2) is 6.61 Å². The van der Waals surface area contributed by atoms with E-state index in [0.717, 1.165) is 10.8 Å². The molecule has 0 heterocycles. The first-order valence-corrected chi connectivity index (χ1v) is 4.69. The molecule has 0 aromatic heterocycles. The van der Waals surface area contributed by atoms with Gasteiger partial charge in [-0.15, -0.1) is 0 Å². The Bertz CT molecular complexity index is 451. The highest BCUT2D eigenvalue weighted by molar-refractivity contribution is 5.92. The molecule has 2 nitrogen and oxygen atoms in total. The van der Waals surface area contributed by atoms with E-state index in [4.69, 9.17) is 10.5 Å². The standard InChI is InChI=1S/C12H12NO/c1-2-14-12-10-6-4-3-5-9(10)7-8-11(12)13/h3-8,13H,2H2,1H3. The van der Waals surface area contributed by atoms with E-state index < -0.39 is 0 Å². The fourth-order valence-corrected chi connectivity index (χ4v) is 1.54. The molecule has 1 N–H and O–H groups in total. The van der Waals surface area contributed by atoms with Crippen LogP contribution < -0.4 is 10.5 Å². The third-order valence-corrected chi connectivity index (χ3v) is 2.17. The summed E-state index contributed by atoms with van der Waals surface area (Å²) in [5, 5.41) is 2.13. The molecule has 0 amide bonds. The minimum absolute atomic E-state index is 0.450. The summed E-state index contributed by atoms with van der Waals surface area (Å²) in [6.45, 7) is 2.53. The Morgan fingerprint density at radius 2 is 1.93 bits per heavy atom. The molecule has 2 aromatic carbocycles. The molecular formula is C12H12NO. The highest BCUT2D eigenvalue weighted by Crippen LogP contribution is 2.32. The van der Waals surface area contributed by atoms with E-state index in [9.17, 15) is 0 Å². The summed E-state index contributed by atoms with van der Waals surface area (Å²) in [4.78, 5) is 0. The predicted molar refractivity (Wildman–Crippen MR) is 57.9 cm³/mol. The molecule has 1 radical (unpaired) electrons. The molecule has 0 aliphatic rings. The molecule has 2 aromatic rings. The lowest BCUT2D eigenvalue weighted by molar-refractivity contribution is 0.345. The van der Waals surface area contributed by atoms with Crippen molar-refractivity contribution in [2.24, 2.45) is 0 Å². The van der Waals surface area contributed by atoms with Gasteiger partial charge in [0, 0.05) is 5.39 Å². The monoisotopic (exact) mass is 186 g/mol. The van der Waals surface area contributed by atoms with Gasteiger partial charge in [0.05, 0.1) is 12.3 Å². The van der Waals surface area contributed by atoms with Crippen molar-refractivity contribution in [2.45, 2.75) is 6.92 Å². The van der Waals surface area contributed by atoms with Gasteiger partial charge in [-0.1, -0.05) is 30.3 Å². The van der Waals surface area contributed by atoms with Crippen molar-refractivity contribution >= 4 is 16.5 Å². The van der Waals surface area contributed by atoms with Crippen LogP contribution >= 0.6 is 0 Å². The van der Waals surface area contributed by atoms with E-state index in [1.807, 2.05) is 37.3 Å². The Morgan fingerprint density at radius 3 is 2.71 bits per heavy atom. The summed E-state index contributed by atoms with van der Waals surface area (Å²) in [6, 6.07) is 11.7. The number of benzene rings is 2. The summed E-state index contributed by atoms with van der Waals surface area (Å²) in [5.41, 5.74) is 8.18. The van der Waals surface area contributed by atoms with Crippen LogP contribution in [0.5, 0.6) is 5.75 Å². The van der Waals surface area contributed by atoms with Crippen molar-refractivity contribution in [1.29, 1.82) is 0 Å². The second kappa shape index (κ2) is 3.58. The molecule has 2 rings (SSSR count). The molecule has 0 aliphatic carbocycles. The number of fused-ring (bicyclic) bond motifs is 1. The van der Waals surface area contributed by atoms with E-state index in [-0.39, 0.29) is 0 Å². The van der Waals surface area contributed by atoms with Crippen LogP contribution in [0.25, 0.3) is 10.8 Å². The largest absolute Gasteiger partial charge is 0.491 e. The van der Waals surface area contributed by atoms with Crippen LogP contribution in [0.15, 0.2) is 36.4 Å². The number of hydrogen-bond donors (Lipinski definition) is 0. The zero-order chi connectivity index (χ0) is 9.97. The van der Waals surface area contributed by atoms with Crippen molar-refractivity contribution in [1.82, 2.24) is 5.73 Å². The third kappa shape index (κ3) is 1.39. The average molecular weight is 186 g/mol. The number of ether oxygens (including phenoxy) is 1. The smallest absolute Gasteiger partial charge is 0.151 e. The van der Waals surface area contributed by atoms with Gasteiger partial charge in [0.15, 0.2) is 5.75 Å². The summed E-state index contributed by atoms with van der Waals surface area (Å²) in [7, 11) is 0. The zero-order valence-electron chi connectivity index (χ0n) is 8.08. The zero-order valence-corrected chi connectivity index (χ0v) is 8.08. The third-order valence-electron chi connectivity index (χ3n) is 2.17. The van der Waals surface area contributed by atoms with Gasteiger partial charge in [-0.3, -0.25) is 5.73 Å². The van der Waals surface area contributed by atoms with Gasteiger partial charge in [0.2, 0.25) is 0 Å². The van der Waals surface area contributed by atoms with Gasteiger partial charge in [-0.05, 0) is 18.4 Å². The average Bonchev–Trinajstić information content (AvgIpc) is 2.23. The van der Waals surface area contributed by atoms with Crippen LogP contribution in [0.2, 0.25) is 0 Å². The first kappa shape index (κ1) is 8.88. The van der Waals surface area contributed by atoms with Gasteiger partial charge >= 0.3 is 0 Å². The summed E-state index contributed by atoms with van der Waals surface area (Å²) in [5.74, 6) is 0.686. The molecule has 0 fully saturated rings. The Kier molecular flexibility index (Phi) is 2.27. The number of rotatable bonds is 2. The minimum Gasteiger partial charge on any atom is -0.491 e. The van der Waals surface area contributed by atoms with Crippen molar-refractivity contribution in [3.63, 3.8) is 0 Å².